The minimum absolute atomic E-state index is 0.0949. The Hall–Kier alpha value is -3.08. The van der Waals surface area contributed by atoms with E-state index >= 15 is 0 Å². The summed E-state index contributed by atoms with van der Waals surface area (Å²) in [5, 5.41) is 2.13. The first kappa shape index (κ1) is 19.7. The summed E-state index contributed by atoms with van der Waals surface area (Å²) in [4.78, 5) is 26.0. The normalized spacial score (nSPS) is 18.5. The molecule has 0 aromatic heterocycles. The fourth-order valence-corrected chi connectivity index (χ4v) is 3.47. The van der Waals surface area contributed by atoms with Crippen LogP contribution in [0.1, 0.15) is 6.92 Å². The molecule has 0 unspecified atom stereocenters. The number of anilines is 1. The first-order chi connectivity index (χ1) is 13.2. The fraction of sp³-hybridized carbons (Fsp3) is 0.235. The molecule has 2 heterocycles. The number of sulfonamides is 1. The summed E-state index contributed by atoms with van der Waals surface area (Å²) < 4.78 is 58.9. The van der Waals surface area contributed by atoms with E-state index in [1.54, 1.807) is 6.20 Å². The van der Waals surface area contributed by atoms with E-state index in [2.05, 4.69) is 9.71 Å². The Kier molecular flexibility index (Phi) is 5.27. The van der Waals surface area contributed by atoms with Crippen LogP contribution in [0, 0.1) is 11.6 Å². The SMILES string of the molecule is C[C@H](OC(=O)C1=CC=CN2CCS(=O)(=O)N=C12)C(=O)Nc1cc(F)ccc1F. The highest BCUT2D eigenvalue weighted by atomic mass is 32.2. The van der Waals surface area contributed by atoms with Crippen molar-refractivity contribution in [1.82, 2.24) is 4.90 Å². The number of carbonyl (C=O) groups is 2. The number of nitrogens with one attached hydrogen (secondary N) is 1. The van der Waals surface area contributed by atoms with Crippen molar-refractivity contribution in [3.63, 3.8) is 0 Å². The van der Waals surface area contributed by atoms with Gasteiger partial charge in [-0.1, -0.05) is 0 Å². The second-order valence-corrected chi connectivity index (χ2v) is 7.73. The number of nitrogens with zero attached hydrogens (tertiary/aromatic N) is 2. The molecule has 0 fully saturated rings. The zero-order valence-electron chi connectivity index (χ0n) is 14.6. The molecule has 8 nitrogen and oxygen atoms in total. The number of hydrogen-bond acceptors (Lipinski definition) is 6. The van der Waals surface area contributed by atoms with Gasteiger partial charge in [0.15, 0.2) is 11.9 Å². The van der Waals surface area contributed by atoms with Crippen LogP contribution in [0.15, 0.2) is 46.5 Å². The molecule has 0 aliphatic carbocycles. The number of hydrogen-bond donors (Lipinski definition) is 1. The van der Waals surface area contributed by atoms with Gasteiger partial charge in [-0.25, -0.2) is 22.0 Å². The molecule has 2 aliphatic heterocycles. The van der Waals surface area contributed by atoms with Crippen LogP contribution in [0.25, 0.3) is 0 Å². The van der Waals surface area contributed by atoms with E-state index in [0.29, 0.717) is 0 Å². The predicted molar refractivity (Wildman–Crippen MR) is 95.7 cm³/mol. The smallest absolute Gasteiger partial charge is 0.342 e. The largest absolute Gasteiger partial charge is 0.449 e. The molecule has 148 valence electrons. The first-order valence-corrected chi connectivity index (χ1v) is 9.72. The number of esters is 1. The van der Waals surface area contributed by atoms with Crippen molar-refractivity contribution in [2.24, 2.45) is 4.40 Å². The second kappa shape index (κ2) is 7.50. The Morgan fingerprint density at radius 1 is 1.32 bits per heavy atom. The van der Waals surface area contributed by atoms with Gasteiger partial charge in [0.25, 0.3) is 15.9 Å². The molecule has 11 heteroatoms. The van der Waals surface area contributed by atoms with Gasteiger partial charge in [-0.15, -0.1) is 4.40 Å². The van der Waals surface area contributed by atoms with Gasteiger partial charge in [0.05, 0.1) is 11.4 Å². The zero-order chi connectivity index (χ0) is 20.5. The van der Waals surface area contributed by atoms with E-state index in [1.807, 2.05) is 0 Å². The Labute approximate surface area is 159 Å². The average Bonchev–Trinajstić information content (AvgIpc) is 2.63. The van der Waals surface area contributed by atoms with Gasteiger partial charge in [0.2, 0.25) is 0 Å². The van der Waals surface area contributed by atoms with E-state index in [0.717, 1.165) is 18.2 Å². The molecule has 0 spiro atoms. The van der Waals surface area contributed by atoms with Crippen LogP contribution in [-0.2, 0) is 24.3 Å². The molecule has 0 saturated heterocycles. The summed E-state index contributed by atoms with van der Waals surface area (Å²) >= 11 is 0. The minimum Gasteiger partial charge on any atom is -0.449 e. The highest BCUT2D eigenvalue weighted by Crippen LogP contribution is 2.20. The molecule has 0 radical (unpaired) electrons. The van der Waals surface area contributed by atoms with E-state index in [9.17, 15) is 26.8 Å². The van der Waals surface area contributed by atoms with Crippen LogP contribution in [0.4, 0.5) is 14.5 Å². The van der Waals surface area contributed by atoms with Gasteiger partial charge >= 0.3 is 5.97 Å². The van der Waals surface area contributed by atoms with Crippen molar-refractivity contribution in [3.05, 3.63) is 53.8 Å². The first-order valence-electron chi connectivity index (χ1n) is 8.11. The number of amides is 1. The van der Waals surface area contributed by atoms with Crippen molar-refractivity contribution in [3.8, 4) is 0 Å². The zero-order valence-corrected chi connectivity index (χ0v) is 15.4. The summed E-state index contributed by atoms with van der Waals surface area (Å²) in [7, 11) is -3.71. The molecule has 1 aromatic rings. The third kappa shape index (κ3) is 4.25. The van der Waals surface area contributed by atoms with Gasteiger partial charge in [-0.05, 0) is 31.2 Å². The summed E-state index contributed by atoms with van der Waals surface area (Å²) in [5.41, 5.74) is -0.538. The Balaban J connectivity index is 1.72. The lowest BCUT2D eigenvalue weighted by atomic mass is 10.1. The molecule has 2 aliphatic rings. The van der Waals surface area contributed by atoms with Crippen LogP contribution in [0.2, 0.25) is 0 Å². The predicted octanol–water partition coefficient (Wildman–Crippen LogP) is 1.33. The van der Waals surface area contributed by atoms with E-state index in [-0.39, 0.29) is 23.7 Å². The van der Waals surface area contributed by atoms with Gasteiger partial charge in [-0.3, -0.25) is 4.79 Å². The van der Waals surface area contributed by atoms with Crippen LogP contribution < -0.4 is 5.32 Å². The lowest BCUT2D eigenvalue weighted by molar-refractivity contribution is -0.148. The molecular weight excluding hydrogens is 396 g/mol. The number of carbonyl (C=O) groups excluding carboxylic acids is 2. The van der Waals surface area contributed by atoms with Crippen molar-refractivity contribution in [2.45, 2.75) is 13.0 Å². The lowest BCUT2D eigenvalue weighted by Crippen LogP contribution is -2.41. The average molecular weight is 411 g/mol. The number of halogens is 2. The monoisotopic (exact) mass is 411 g/mol. The molecule has 1 atom stereocenters. The third-order valence-corrected chi connectivity index (χ3v) is 5.07. The molecule has 1 N–H and O–H groups in total. The second-order valence-electron chi connectivity index (χ2n) is 5.98. The Morgan fingerprint density at radius 2 is 2.07 bits per heavy atom. The van der Waals surface area contributed by atoms with Crippen LogP contribution in [0.5, 0.6) is 0 Å². The quantitative estimate of drug-likeness (QED) is 0.750. The minimum atomic E-state index is -3.71. The molecule has 1 amide bonds. The number of allylic oxidation sites excluding steroid dienone is 2. The number of ether oxygens (including phenoxy) is 1. The summed E-state index contributed by atoms with van der Waals surface area (Å²) in [6, 6.07) is 2.52. The van der Waals surface area contributed by atoms with Crippen molar-refractivity contribution in [2.75, 3.05) is 17.6 Å². The van der Waals surface area contributed by atoms with Gasteiger partial charge < -0.3 is 15.0 Å². The fourth-order valence-electron chi connectivity index (χ4n) is 2.48. The maximum Gasteiger partial charge on any atom is 0.342 e. The highest BCUT2D eigenvalue weighted by molar-refractivity contribution is 7.90. The van der Waals surface area contributed by atoms with Crippen molar-refractivity contribution in [1.29, 1.82) is 0 Å². The molecule has 28 heavy (non-hydrogen) atoms. The summed E-state index contributed by atoms with van der Waals surface area (Å²) in [6.45, 7) is 1.36. The van der Waals surface area contributed by atoms with Crippen LogP contribution in [0.3, 0.4) is 0 Å². The number of fused-ring (bicyclic) bond motifs is 1. The Bertz CT molecular complexity index is 1030. The molecular formula is C17H15F2N3O5S. The molecule has 1 aromatic carbocycles. The summed E-state index contributed by atoms with van der Waals surface area (Å²) in [5.74, 6) is -3.76. The van der Waals surface area contributed by atoms with Crippen molar-refractivity contribution < 1.29 is 31.5 Å². The van der Waals surface area contributed by atoms with Crippen LogP contribution >= 0.6 is 0 Å². The van der Waals surface area contributed by atoms with Gasteiger partial charge in [-0.2, -0.15) is 0 Å². The topological polar surface area (TPSA) is 105 Å². The van der Waals surface area contributed by atoms with E-state index in [4.69, 9.17) is 4.74 Å². The van der Waals surface area contributed by atoms with Gasteiger partial charge in [0.1, 0.15) is 17.2 Å². The van der Waals surface area contributed by atoms with Crippen LogP contribution in [-0.4, -0.2) is 49.4 Å². The maximum atomic E-state index is 13.6. The highest BCUT2D eigenvalue weighted by Gasteiger charge is 2.32. The number of amidine groups is 1. The lowest BCUT2D eigenvalue weighted by Gasteiger charge is -2.28. The third-order valence-electron chi connectivity index (χ3n) is 3.92. The van der Waals surface area contributed by atoms with E-state index in [1.165, 1.54) is 24.0 Å². The molecule has 0 bridgehead atoms. The number of rotatable bonds is 4. The maximum absolute atomic E-state index is 13.6. The van der Waals surface area contributed by atoms with Gasteiger partial charge in [0, 0.05) is 18.8 Å². The molecule has 3 rings (SSSR count). The van der Waals surface area contributed by atoms with E-state index < -0.39 is 45.3 Å². The standard InChI is InChI=1S/C17H15F2N3O5S/c1-10(16(23)20-14-9-11(18)4-5-13(14)19)27-17(24)12-3-2-6-22-7-8-28(25,26)21-15(12)22/h2-6,9-10H,7-8H2,1H3,(H,20,23)/t10-/m0/s1. The summed E-state index contributed by atoms with van der Waals surface area (Å²) in [6.07, 6.45) is 3.03. The number of benzene rings is 1. The van der Waals surface area contributed by atoms with Crippen molar-refractivity contribution >= 4 is 33.4 Å². The Morgan fingerprint density at radius 3 is 2.82 bits per heavy atom. The molecule has 0 saturated carbocycles.